The van der Waals surface area contributed by atoms with Crippen molar-refractivity contribution in [3.63, 3.8) is 0 Å². The van der Waals surface area contributed by atoms with Gasteiger partial charge in [0.1, 0.15) is 16.9 Å². The molecule has 10 heteroatoms. The third-order valence-corrected chi connectivity index (χ3v) is 7.95. The number of hydrogen-bond donors (Lipinski definition) is 2. The molecule has 1 saturated heterocycles. The van der Waals surface area contributed by atoms with Gasteiger partial charge < -0.3 is 34.1 Å². The molecule has 2 N–H and O–H groups in total. The number of aromatic nitrogens is 3. The van der Waals surface area contributed by atoms with E-state index in [2.05, 4.69) is 51.0 Å². The van der Waals surface area contributed by atoms with Crippen LogP contribution in [0.2, 0.25) is 0 Å². The minimum absolute atomic E-state index is 0.110. The number of carbonyl (C=O) groups is 2. The lowest BCUT2D eigenvalue weighted by Gasteiger charge is -2.33. The fourth-order valence-corrected chi connectivity index (χ4v) is 6.16. The number of carbonyl (C=O) groups excluding carboxylic acids is 2. The molecule has 2 aliphatic heterocycles. The number of nitrogens with one attached hydrogen (secondary N) is 2. The van der Waals surface area contributed by atoms with Crippen molar-refractivity contribution in [1.82, 2.24) is 24.3 Å². The number of likely N-dealkylation sites (tertiary alicyclic amines) is 1. The van der Waals surface area contributed by atoms with Gasteiger partial charge in [-0.05, 0) is 64.8 Å². The third-order valence-electron chi connectivity index (χ3n) is 7.95. The molecule has 0 saturated carbocycles. The Hall–Kier alpha value is -4.21. The van der Waals surface area contributed by atoms with Gasteiger partial charge in [0.05, 0.1) is 29.5 Å². The summed E-state index contributed by atoms with van der Waals surface area (Å²) in [5.41, 5.74) is 4.80. The van der Waals surface area contributed by atoms with Crippen molar-refractivity contribution in [3.8, 4) is 17.3 Å². The topological polar surface area (TPSA) is 103 Å². The molecular formula is C31H38N6O4. The van der Waals surface area contributed by atoms with Crippen molar-refractivity contribution in [2.24, 2.45) is 7.05 Å². The molecule has 0 radical (unpaired) electrons. The van der Waals surface area contributed by atoms with E-state index in [4.69, 9.17) is 14.5 Å². The number of nitrogens with zero attached hydrogens (tertiary/aromatic N) is 4. The van der Waals surface area contributed by atoms with Crippen LogP contribution in [0.25, 0.3) is 33.5 Å². The zero-order valence-corrected chi connectivity index (χ0v) is 24.6. The number of benzene rings is 2. The summed E-state index contributed by atoms with van der Waals surface area (Å²) in [6, 6.07) is 12.2. The minimum Gasteiger partial charge on any atom is -0.494 e. The molecule has 4 heterocycles. The number of anilines is 1. The van der Waals surface area contributed by atoms with Crippen LogP contribution in [-0.2, 0) is 11.8 Å². The maximum absolute atomic E-state index is 13.7. The smallest absolute Gasteiger partial charge is 0.407 e. The summed E-state index contributed by atoms with van der Waals surface area (Å²) in [4.78, 5) is 32.9. The zero-order valence-electron chi connectivity index (χ0n) is 24.6. The lowest BCUT2D eigenvalue weighted by molar-refractivity contribution is 0.0452. The maximum atomic E-state index is 13.7. The highest BCUT2D eigenvalue weighted by atomic mass is 16.6. The number of ether oxygens (including phenoxy) is 2. The molecule has 0 bridgehead atoms. The second-order valence-electron chi connectivity index (χ2n) is 12.2. The van der Waals surface area contributed by atoms with Gasteiger partial charge in [-0.3, -0.25) is 4.79 Å². The van der Waals surface area contributed by atoms with Crippen LogP contribution in [0.5, 0.6) is 5.75 Å². The van der Waals surface area contributed by atoms with E-state index >= 15 is 0 Å². The average molecular weight is 559 g/mol. The van der Waals surface area contributed by atoms with Crippen LogP contribution in [0, 0.1) is 0 Å². The number of fused-ring (bicyclic) bond motifs is 1. The van der Waals surface area contributed by atoms with Gasteiger partial charge in [0.25, 0.3) is 5.91 Å². The molecule has 2 amide bonds. The summed E-state index contributed by atoms with van der Waals surface area (Å²) in [5, 5.41) is 7.62. The highest BCUT2D eigenvalue weighted by Gasteiger charge is 2.29. The minimum atomic E-state index is -0.579. The Kier molecular flexibility index (Phi) is 6.59. The van der Waals surface area contributed by atoms with Gasteiger partial charge in [-0.1, -0.05) is 12.1 Å². The molecule has 1 fully saturated rings. The molecule has 4 aromatic rings. The highest BCUT2D eigenvalue weighted by Crippen LogP contribution is 2.39. The first-order valence-corrected chi connectivity index (χ1v) is 14.3. The molecule has 0 aliphatic carbocycles. The molecule has 2 aromatic carbocycles. The molecule has 0 spiro atoms. The van der Waals surface area contributed by atoms with Gasteiger partial charge in [0.2, 0.25) is 0 Å². The Morgan fingerprint density at radius 3 is 2.71 bits per heavy atom. The molecule has 2 atom stereocenters. The Morgan fingerprint density at radius 2 is 1.95 bits per heavy atom. The Balaban J connectivity index is 1.33. The van der Waals surface area contributed by atoms with Gasteiger partial charge in [-0.2, -0.15) is 0 Å². The normalized spacial score (nSPS) is 18.8. The number of hydrogen-bond acceptors (Lipinski definition) is 6. The summed E-state index contributed by atoms with van der Waals surface area (Å²) in [6.07, 6.45) is 1.12. The largest absolute Gasteiger partial charge is 0.494 e. The van der Waals surface area contributed by atoms with E-state index in [1.54, 1.807) is 18.1 Å². The van der Waals surface area contributed by atoms with E-state index in [0.29, 0.717) is 29.9 Å². The van der Waals surface area contributed by atoms with Gasteiger partial charge in [0, 0.05) is 49.7 Å². The molecule has 216 valence electrons. The van der Waals surface area contributed by atoms with Crippen LogP contribution in [0.15, 0.2) is 36.4 Å². The van der Waals surface area contributed by atoms with Crippen LogP contribution in [-0.4, -0.2) is 69.4 Å². The average Bonchev–Trinajstić information content (AvgIpc) is 3.48. The van der Waals surface area contributed by atoms with E-state index < -0.39 is 11.7 Å². The fraction of sp³-hybridized carbons (Fsp3) is 0.452. The van der Waals surface area contributed by atoms with Crippen molar-refractivity contribution in [3.05, 3.63) is 42.0 Å². The molecule has 2 aliphatic rings. The molecular weight excluding hydrogens is 520 g/mol. The van der Waals surface area contributed by atoms with Gasteiger partial charge >= 0.3 is 6.09 Å². The summed E-state index contributed by atoms with van der Waals surface area (Å²) in [7, 11) is 3.61. The van der Waals surface area contributed by atoms with Crippen LogP contribution in [0.1, 0.15) is 56.9 Å². The quantitative estimate of drug-likeness (QED) is 0.352. The lowest BCUT2D eigenvalue weighted by Crippen LogP contribution is -2.50. The second kappa shape index (κ2) is 10.0. The Morgan fingerprint density at radius 1 is 1.15 bits per heavy atom. The number of piperidine rings is 1. The number of amides is 2. The Labute approximate surface area is 239 Å². The van der Waals surface area contributed by atoms with Gasteiger partial charge in [-0.25, -0.2) is 9.78 Å². The monoisotopic (exact) mass is 558 g/mol. The van der Waals surface area contributed by atoms with Crippen LogP contribution in [0.3, 0.4) is 0 Å². The van der Waals surface area contributed by atoms with E-state index in [0.717, 1.165) is 47.5 Å². The fourth-order valence-electron chi connectivity index (χ4n) is 6.16. The lowest BCUT2D eigenvalue weighted by atomic mass is 10.0. The summed E-state index contributed by atoms with van der Waals surface area (Å²) in [5.74, 6) is 1.30. The number of para-hydroxylation sites is 1. The molecule has 41 heavy (non-hydrogen) atoms. The number of alkyl carbamates (subject to hydrolysis) is 1. The Bertz CT molecular complexity index is 1660. The van der Waals surface area contributed by atoms with Crippen LogP contribution < -0.4 is 15.4 Å². The second-order valence-corrected chi connectivity index (χ2v) is 12.2. The van der Waals surface area contributed by atoms with Crippen molar-refractivity contribution in [1.29, 1.82) is 0 Å². The molecule has 1 unspecified atom stereocenters. The third kappa shape index (κ3) is 4.85. The SMILES string of the molecule is COc1cc(C(=O)N2CCC[C@@H](NC(=O)OC(C)(C)C)C2)cc2nc(-c3cc4cccc5c4n3C(C)CN5)n(C)c12. The van der Waals surface area contributed by atoms with Crippen molar-refractivity contribution < 1.29 is 19.1 Å². The van der Waals surface area contributed by atoms with Crippen molar-refractivity contribution in [2.45, 2.75) is 58.2 Å². The van der Waals surface area contributed by atoms with Gasteiger partial charge in [-0.15, -0.1) is 0 Å². The van der Waals surface area contributed by atoms with Crippen LogP contribution >= 0.6 is 0 Å². The number of methoxy groups -OCH3 is 1. The standard InChI is InChI=1S/C31H38N6O4/c1-18-16-32-22-11-7-9-19-14-24(37(18)26(19)22)28-34-23-13-20(15-25(40-6)27(23)35(28)5)29(38)36-12-8-10-21(17-36)33-30(39)41-31(2,3)4/h7,9,11,13-15,18,21,32H,8,10,12,16-17H2,1-6H3,(H,33,39)/t18?,21-/m1/s1. The number of aryl methyl sites for hydroxylation is 1. The van der Waals surface area contributed by atoms with E-state index in [1.807, 2.05) is 33.9 Å². The van der Waals surface area contributed by atoms with Crippen molar-refractivity contribution in [2.75, 3.05) is 32.1 Å². The first-order chi connectivity index (χ1) is 19.5. The van der Waals surface area contributed by atoms with E-state index in [-0.39, 0.29) is 18.0 Å². The molecule has 6 rings (SSSR count). The van der Waals surface area contributed by atoms with Crippen LogP contribution in [0.4, 0.5) is 10.5 Å². The van der Waals surface area contributed by atoms with Gasteiger partial charge in [0.15, 0.2) is 5.82 Å². The van der Waals surface area contributed by atoms with E-state index in [1.165, 1.54) is 5.52 Å². The summed E-state index contributed by atoms with van der Waals surface area (Å²) in [6.45, 7) is 9.57. The zero-order chi connectivity index (χ0) is 29.1. The predicted molar refractivity (Wildman–Crippen MR) is 160 cm³/mol. The predicted octanol–water partition coefficient (Wildman–Crippen LogP) is 5.32. The molecule has 2 aromatic heterocycles. The number of rotatable bonds is 4. The van der Waals surface area contributed by atoms with E-state index in [9.17, 15) is 9.59 Å². The van der Waals surface area contributed by atoms with Crippen molar-refractivity contribution >= 4 is 39.6 Å². The summed E-state index contributed by atoms with van der Waals surface area (Å²) < 4.78 is 15.6. The summed E-state index contributed by atoms with van der Waals surface area (Å²) >= 11 is 0. The highest BCUT2D eigenvalue weighted by molar-refractivity contribution is 6.01. The maximum Gasteiger partial charge on any atom is 0.407 e. The molecule has 10 nitrogen and oxygen atoms in total. The first-order valence-electron chi connectivity index (χ1n) is 14.3. The first kappa shape index (κ1) is 27.0. The number of imidazole rings is 1.